The van der Waals surface area contributed by atoms with E-state index in [1.807, 2.05) is 29.9 Å². The van der Waals surface area contributed by atoms with Crippen molar-refractivity contribution < 1.29 is 13.9 Å². The van der Waals surface area contributed by atoms with Gasteiger partial charge < -0.3 is 15.0 Å². The first kappa shape index (κ1) is 11.1. The standard InChI is InChI=1S/C9H14F2N2O/c1-13-4-2-3-8(13)5-12-6-9(10,11)7-14/h2-4,12,14H,5-7H2,1H3. The van der Waals surface area contributed by atoms with Gasteiger partial charge in [0.25, 0.3) is 5.92 Å². The van der Waals surface area contributed by atoms with Gasteiger partial charge in [0.2, 0.25) is 0 Å². The number of aromatic nitrogens is 1. The maximum Gasteiger partial charge on any atom is 0.282 e. The Kier molecular flexibility index (Phi) is 3.60. The van der Waals surface area contributed by atoms with Crippen LogP contribution in [0.15, 0.2) is 18.3 Å². The Hall–Kier alpha value is -0.940. The zero-order chi connectivity index (χ0) is 10.6. The third-order valence-electron chi connectivity index (χ3n) is 1.97. The van der Waals surface area contributed by atoms with Gasteiger partial charge in [0.1, 0.15) is 6.61 Å². The molecule has 1 heterocycles. The van der Waals surface area contributed by atoms with Crippen LogP contribution in [0, 0.1) is 0 Å². The lowest BCUT2D eigenvalue weighted by Gasteiger charge is -2.14. The van der Waals surface area contributed by atoms with Crippen LogP contribution in [0.5, 0.6) is 0 Å². The van der Waals surface area contributed by atoms with E-state index in [1.54, 1.807) is 0 Å². The Labute approximate surface area is 81.4 Å². The Balaban J connectivity index is 2.32. The highest BCUT2D eigenvalue weighted by Gasteiger charge is 2.26. The summed E-state index contributed by atoms with van der Waals surface area (Å²) in [4.78, 5) is 0. The van der Waals surface area contributed by atoms with E-state index in [1.165, 1.54) is 0 Å². The second kappa shape index (κ2) is 4.52. The fraction of sp³-hybridized carbons (Fsp3) is 0.556. The summed E-state index contributed by atoms with van der Waals surface area (Å²) in [6.45, 7) is -1.25. The van der Waals surface area contributed by atoms with Crippen LogP contribution in [0.4, 0.5) is 8.78 Å². The lowest BCUT2D eigenvalue weighted by atomic mass is 10.3. The van der Waals surface area contributed by atoms with Crippen molar-refractivity contribution in [2.45, 2.75) is 12.5 Å². The summed E-state index contributed by atoms with van der Waals surface area (Å²) >= 11 is 0. The average molecular weight is 204 g/mol. The van der Waals surface area contributed by atoms with Crippen LogP contribution in [0.2, 0.25) is 0 Å². The summed E-state index contributed by atoms with van der Waals surface area (Å²) < 4.78 is 27.0. The minimum Gasteiger partial charge on any atom is -0.390 e. The first-order valence-electron chi connectivity index (χ1n) is 4.35. The molecule has 0 saturated heterocycles. The molecule has 0 saturated carbocycles. The van der Waals surface area contributed by atoms with Crippen LogP contribution in [-0.4, -0.2) is 28.7 Å². The highest BCUT2D eigenvalue weighted by atomic mass is 19.3. The lowest BCUT2D eigenvalue weighted by Crippen LogP contribution is -2.35. The SMILES string of the molecule is Cn1cccc1CNCC(F)(F)CO. The fourth-order valence-electron chi connectivity index (χ4n) is 1.11. The zero-order valence-corrected chi connectivity index (χ0v) is 8.00. The molecule has 1 rings (SSSR count). The van der Waals surface area contributed by atoms with Gasteiger partial charge in [-0.3, -0.25) is 0 Å². The molecule has 0 atom stereocenters. The maximum atomic E-state index is 12.6. The van der Waals surface area contributed by atoms with E-state index < -0.39 is 19.1 Å². The molecule has 1 aromatic rings. The molecule has 14 heavy (non-hydrogen) atoms. The molecule has 0 aliphatic rings. The fourth-order valence-corrected chi connectivity index (χ4v) is 1.11. The van der Waals surface area contributed by atoms with Crippen molar-refractivity contribution in [1.82, 2.24) is 9.88 Å². The average Bonchev–Trinajstić information content (AvgIpc) is 2.52. The van der Waals surface area contributed by atoms with Gasteiger partial charge in [-0.25, -0.2) is 8.78 Å². The van der Waals surface area contributed by atoms with Gasteiger partial charge >= 0.3 is 0 Å². The van der Waals surface area contributed by atoms with E-state index >= 15 is 0 Å². The van der Waals surface area contributed by atoms with Crippen molar-refractivity contribution in [2.24, 2.45) is 7.05 Å². The number of halogens is 2. The quantitative estimate of drug-likeness (QED) is 0.742. The van der Waals surface area contributed by atoms with E-state index in [9.17, 15) is 8.78 Å². The molecule has 0 aromatic carbocycles. The van der Waals surface area contributed by atoms with E-state index in [0.29, 0.717) is 6.54 Å². The number of alkyl halides is 2. The van der Waals surface area contributed by atoms with Crippen molar-refractivity contribution in [3.8, 4) is 0 Å². The molecule has 0 radical (unpaired) electrons. The Morgan fingerprint density at radius 3 is 2.79 bits per heavy atom. The van der Waals surface area contributed by atoms with Crippen molar-refractivity contribution in [3.05, 3.63) is 24.0 Å². The predicted molar refractivity (Wildman–Crippen MR) is 49.2 cm³/mol. The van der Waals surface area contributed by atoms with Crippen molar-refractivity contribution in [3.63, 3.8) is 0 Å². The number of aliphatic hydroxyl groups excluding tert-OH is 1. The van der Waals surface area contributed by atoms with Gasteiger partial charge in [0, 0.05) is 25.5 Å². The molecule has 0 unspecified atom stereocenters. The Morgan fingerprint density at radius 2 is 2.29 bits per heavy atom. The van der Waals surface area contributed by atoms with E-state index in [4.69, 9.17) is 5.11 Å². The normalized spacial score (nSPS) is 12.0. The van der Waals surface area contributed by atoms with Gasteiger partial charge in [-0.2, -0.15) is 0 Å². The molecule has 0 spiro atoms. The molecule has 0 aliphatic carbocycles. The summed E-state index contributed by atoms with van der Waals surface area (Å²) in [5.41, 5.74) is 0.929. The highest BCUT2D eigenvalue weighted by molar-refractivity contribution is 5.05. The van der Waals surface area contributed by atoms with Crippen molar-refractivity contribution >= 4 is 0 Å². The molecule has 0 fully saturated rings. The molecule has 0 amide bonds. The second-order valence-electron chi connectivity index (χ2n) is 3.23. The number of nitrogens with zero attached hydrogens (tertiary/aromatic N) is 1. The van der Waals surface area contributed by atoms with Gasteiger partial charge in [-0.15, -0.1) is 0 Å². The zero-order valence-electron chi connectivity index (χ0n) is 8.00. The van der Waals surface area contributed by atoms with Crippen LogP contribution in [0.3, 0.4) is 0 Å². The molecule has 3 nitrogen and oxygen atoms in total. The summed E-state index contributed by atoms with van der Waals surface area (Å²) in [5, 5.41) is 10.9. The Bertz CT molecular complexity index is 286. The number of hydrogen-bond acceptors (Lipinski definition) is 2. The summed E-state index contributed by atoms with van der Waals surface area (Å²) in [5.74, 6) is -3.04. The second-order valence-corrected chi connectivity index (χ2v) is 3.23. The number of aryl methyl sites for hydroxylation is 1. The van der Waals surface area contributed by atoms with Crippen LogP contribution < -0.4 is 5.32 Å². The predicted octanol–water partition coefficient (Wildman–Crippen LogP) is 0.742. The number of nitrogens with one attached hydrogen (secondary N) is 1. The van der Waals surface area contributed by atoms with Gasteiger partial charge in [-0.1, -0.05) is 0 Å². The molecule has 0 bridgehead atoms. The van der Waals surface area contributed by atoms with E-state index in [-0.39, 0.29) is 0 Å². The molecule has 1 aromatic heterocycles. The highest BCUT2D eigenvalue weighted by Crippen LogP contribution is 2.10. The summed E-state index contributed by atoms with van der Waals surface area (Å²) in [6, 6.07) is 3.70. The largest absolute Gasteiger partial charge is 0.390 e. The molecule has 0 aliphatic heterocycles. The van der Waals surface area contributed by atoms with Crippen LogP contribution in [0.1, 0.15) is 5.69 Å². The van der Waals surface area contributed by atoms with Crippen molar-refractivity contribution in [2.75, 3.05) is 13.2 Å². The third-order valence-corrected chi connectivity index (χ3v) is 1.97. The van der Waals surface area contributed by atoms with Gasteiger partial charge in [-0.05, 0) is 12.1 Å². The van der Waals surface area contributed by atoms with Gasteiger partial charge in [0.05, 0.1) is 6.54 Å². The molecule has 80 valence electrons. The maximum absolute atomic E-state index is 12.6. The molecular formula is C9H14F2N2O. The smallest absolute Gasteiger partial charge is 0.282 e. The Morgan fingerprint density at radius 1 is 1.57 bits per heavy atom. The van der Waals surface area contributed by atoms with Crippen LogP contribution >= 0.6 is 0 Å². The minimum atomic E-state index is -3.04. The van der Waals surface area contributed by atoms with Gasteiger partial charge in [0.15, 0.2) is 0 Å². The molecule has 5 heteroatoms. The lowest BCUT2D eigenvalue weighted by molar-refractivity contribution is -0.0478. The molecular weight excluding hydrogens is 190 g/mol. The minimum absolute atomic E-state index is 0.374. The van der Waals surface area contributed by atoms with Crippen molar-refractivity contribution in [1.29, 1.82) is 0 Å². The summed E-state index contributed by atoms with van der Waals surface area (Å²) in [7, 11) is 1.85. The molecule has 2 N–H and O–H groups in total. The number of aliphatic hydroxyl groups is 1. The monoisotopic (exact) mass is 204 g/mol. The number of hydrogen-bond donors (Lipinski definition) is 2. The first-order chi connectivity index (χ1) is 6.55. The van der Waals surface area contributed by atoms with E-state index in [0.717, 1.165) is 5.69 Å². The topological polar surface area (TPSA) is 37.2 Å². The van der Waals surface area contributed by atoms with Crippen LogP contribution in [-0.2, 0) is 13.6 Å². The first-order valence-corrected chi connectivity index (χ1v) is 4.35. The number of rotatable bonds is 5. The van der Waals surface area contributed by atoms with E-state index in [2.05, 4.69) is 5.32 Å². The third kappa shape index (κ3) is 3.08. The van der Waals surface area contributed by atoms with Crippen LogP contribution in [0.25, 0.3) is 0 Å². The summed E-state index contributed by atoms with van der Waals surface area (Å²) in [6.07, 6.45) is 1.85.